The predicted octanol–water partition coefficient (Wildman–Crippen LogP) is 4.33. The van der Waals surface area contributed by atoms with Crippen molar-refractivity contribution in [3.8, 4) is 5.75 Å². The van der Waals surface area contributed by atoms with E-state index in [1.165, 1.54) is 0 Å². The second-order valence-corrected chi connectivity index (χ2v) is 6.99. The number of ether oxygens (including phenoxy) is 1. The summed E-state index contributed by atoms with van der Waals surface area (Å²) in [6.07, 6.45) is 2.04. The first kappa shape index (κ1) is 16.6. The SMILES string of the molecule is CC(C)Oc1ccc(C(=O)N2CCCC2c2nc3ccccc3[nH]2)cc1. The van der Waals surface area contributed by atoms with E-state index in [-0.39, 0.29) is 18.1 Å². The zero-order chi connectivity index (χ0) is 18.1. The first-order chi connectivity index (χ1) is 12.6. The summed E-state index contributed by atoms with van der Waals surface area (Å²) in [6.45, 7) is 4.73. The summed E-state index contributed by atoms with van der Waals surface area (Å²) in [5.41, 5.74) is 2.64. The van der Waals surface area contributed by atoms with Crippen molar-refractivity contribution >= 4 is 16.9 Å². The van der Waals surface area contributed by atoms with Gasteiger partial charge >= 0.3 is 0 Å². The summed E-state index contributed by atoms with van der Waals surface area (Å²) < 4.78 is 5.66. The fourth-order valence-electron chi connectivity index (χ4n) is 3.54. The van der Waals surface area contributed by atoms with Gasteiger partial charge in [-0.05, 0) is 63.1 Å². The maximum absolute atomic E-state index is 13.0. The standard InChI is InChI=1S/C21H23N3O2/c1-14(2)26-16-11-9-15(10-12-16)21(25)24-13-5-8-19(24)20-22-17-6-3-4-7-18(17)23-20/h3-4,6-7,9-12,14,19H,5,8,13H2,1-2H3,(H,22,23). The van der Waals surface area contributed by atoms with Gasteiger partial charge in [0.1, 0.15) is 11.6 Å². The van der Waals surface area contributed by atoms with Crippen LogP contribution in [0.5, 0.6) is 5.75 Å². The summed E-state index contributed by atoms with van der Waals surface area (Å²) in [7, 11) is 0. The molecule has 5 heteroatoms. The quantitative estimate of drug-likeness (QED) is 0.763. The molecule has 0 spiro atoms. The number of hydrogen-bond donors (Lipinski definition) is 1. The lowest BCUT2D eigenvalue weighted by molar-refractivity contribution is 0.0730. The number of hydrogen-bond acceptors (Lipinski definition) is 3. The number of aromatic nitrogens is 2. The van der Waals surface area contributed by atoms with E-state index in [1.807, 2.05) is 67.3 Å². The number of rotatable bonds is 4. The minimum absolute atomic E-state index is 0.00138. The van der Waals surface area contributed by atoms with Crippen LogP contribution in [-0.4, -0.2) is 33.4 Å². The molecule has 26 heavy (non-hydrogen) atoms. The van der Waals surface area contributed by atoms with Crippen molar-refractivity contribution in [2.45, 2.75) is 38.8 Å². The third-order valence-corrected chi connectivity index (χ3v) is 4.71. The second kappa shape index (κ2) is 6.83. The van der Waals surface area contributed by atoms with Gasteiger partial charge in [0.2, 0.25) is 0 Å². The number of amides is 1. The zero-order valence-electron chi connectivity index (χ0n) is 15.1. The molecule has 1 aliphatic rings. The van der Waals surface area contributed by atoms with E-state index in [2.05, 4.69) is 4.98 Å². The number of fused-ring (bicyclic) bond motifs is 1. The largest absolute Gasteiger partial charge is 0.491 e. The van der Waals surface area contributed by atoms with E-state index in [9.17, 15) is 4.79 Å². The molecular weight excluding hydrogens is 326 g/mol. The minimum Gasteiger partial charge on any atom is -0.491 e. The molecule has 3 aromatic rings. The normalized spacial score (nSPS) is 17.2. The van der Waals surface area contributed by atoms with Gasteiger partial charge in [-0.15, -0.1) is 0 Å². The number of nitrogens with one attached hydrogen (secondary N) is 1. The molecule has 0 aliphatic carbocycles. The number of carbonyl (C=O) groups excluding carboxylic acids is 1. The molecule has 1 saturated heterocycles. The van der Waals surface area contributed by atoms with Crippen LogP contribution < -0.4 is 4.74 Å². The number of nitrogens with zero attached hydrogens (tertiary/aromatic N) is 2. The molecule has 5 nitrogen and oxygen atoms in total. The molecule has 0 saturated carbocycles. The molecule has 134 valence electrons. The highest BCUT2D eigenvalue weighted by Crippen LogP contribution is 2.32. The number of carbonyl (C=O) groups is 1. The second-order valence-electron chi connectivity index (χ2n) is 6.99. The van der Waals surface area contributed by atoms with Crippen LogP contribution >= 0.6 is 0 Å². The van der Waals surface area contributed by atoms with Crippen LogP contribution in [0.15, 0.2) is 48.5 Å². The Hall–Kier alpha value is -2.82. The van der Waals surface area contributed by atoms with E-state index in [1.54, 1.807) is 0 Å². The van der Waals surface area contributed by atoms with Crippen LogP contribution in [0.25, 0.3) is 11.0 Å². The number of para-hydroxylation sites is 2. The molecule has 1 fully saturated rings. The highest BCUT2D eigenvalue weighted by molar-refractivity contribution is 5.94. The van der Waals surface area contributed by atoms with Gasteiger partial charge in [-0.25, -0.2) is 4.98 Å². The molecule has 1 aliphatic heterocycles. The van der Waals surface area contributed by atoms with Gasteiger partial charge in [0, 0.05) is 12.1 Å². The van der Waals surface area contributed by atoms with Crippen LogP contribution in [0.4, 0.5) is 0 Å². The molecule has 1 unspecified atom stereocenters. The molecule has 2 aromatic carbocycles. The third-order valence-electron chi connectivity index (χ3n) is 4.71. The number of benzene rings is 2. The van der Waals surface area contributed by atoms with Crippen LogP contribution in [0.3, 0.4) is 0 Å². The van der Waals surface area contributed by atoms with Gasteiger partial charge in [-0.1, -0.05) is 12.1 Å². The summed E-state index contributed by atoms with van der Waals surface area (Å²) in [5.74, 6) is 1.70. The number of aromatic amines is 1. The Labute approximate surface area is 153 Å². The first-order valence-electron chi connectivity index (χ1n) is 9.14. The Balaban J connectivity index is 1.56. The van der Waals surface area contributed by atoms with Gasteiger partial charge in [-0.3, -0.25) is 4.79 Å². The molecule has 0 bridgehead atoms. The zero-order valence-corrected chi connectivity index (χ0v) is 15.1. The first-order valence-corrected chi connectivity index (χ1v) is 9.14. The van der Waals surface area contributed by atoms with Crippen molar-refractivity contribution in [2.75, 3.05) is 6.54 Å². The smallest absolute Gasteiger partial charge is 0.254 e. The van der Waals surface area contributed by atoms with Crippen LogP contribution in [0.1, 0.15) is 48.9 Å². The van der Waals surface area contributed by atoms with E-state index < -0.39 is 0 Å². The van der Waals surface area contributed by atoms with Crippen molar-refractivity contribution < 1.29 is 9.53 Å². The summed E-state index contributed by atoms with van der Waals surface area (Å²) in [6, 6.07) is 15.4. The molecule has 1 atom stereocenters. The van der Waals surface area contributed by atoms with E-state index in [0.29, 0.717) is 5.56 Å². The molecule has 1 aromatic heterocycles. The van der Waals surface area contributed by atoms with Crippen molar-refractivity contribution in [3.05, 3.63) is 59.9 Å². The molecule has 1 amide bonds. The van der Waals surface area contributed by atoms with Gasteiger partial charge in [0.15, 0.2) is 0 Å². The minimum atomic E-state index is 0.00138. The predicted molar refractivity (Wildman–Crippen MR) is 101 cm³/mol. The average molecular weight is 349 g/mol. The van der Waals surface area contributed by atoms with E-state index in [0.717, 1.165) is 42.0 Å². The average Bonchev–Trinajstić information content (AvgIpc) is 3.27. The van der Waals surface area contributed by atoms with Gasteiger partial charge in [0.25, 0.3) is 5.91 Å². The molecule has 2 heterocycles. The van der Waals surface area contributed by atoms with Crippen LogP contribution in [0.2, 0.25) is 0 Å². The highest BCUT2D eigenvalue weighted by Gasteiger charge is 2.32. The Morgan fingerprint density at radius 2 is 1.96 bits per heavy atom. The lowest BCUT2D eigenvalue weighted by atomic mass is 10.1. The summed E-state index contributed by atoms with van der Waals surface area (Å²) in [4.78, 5) is 23.0. The lowest BCUT2D eigenvalue weighted by Crippen LogP contribution is -2.31. The van der Waals surface area contributed by atoms with Crippen LogP contribution in [0, 0.1) is 0 Å². The molecule has 4 rings (SSSR count). The Kier molecular flexibility index (Phi) is 4.37. The number of imidazole rings is 1. The van der Waals surface area contributed by atoms with Gasteiger partial charge < -0.3 is 14.6 Å². The van der Waals surface area contributed by atoms with E-state index >= 15 is 0 Å². The highest BCUT2D eigenvalue weighted by atomic mass is 16.5. The Bertz CT molecular complexity index is 881. The van der Waals surface area contributed by atoms with Crippen molar-refractivity contribution in [3.63, 3.8) is 0 Å². The Morgan fingerprint density at radius 1 is 1.19 bits per heavy atom. The van der Waals surface area contributed by atoms with Crippen LogP contribution in [-0.2, 0) is 0 Å². The lowest BCUT2D eigenvalue weighted by Gasteiger charge is -2.23. The van der Waals surface area contributed by atoms with Crippen molar-refractivity contribution in [1.29, 1.82) is 0 Å². The summed E-state index contributed by atoms with van der Waals surface area (Å²) >= 11 is 0. The number of likely N-dealkylation sites (tertiary alicyclic amines) is 1. The maximum atomic E-state index is 13.0. The van der Waals surface area contributed by atoms with Gasteiger partial charge in [-0.2, -0.15) is 0 Å². The summed E-state index contributed by atoms with van der Waals surface area (Å²) in [5, 5.41) is 0. The molecule has 0 radical (unpaired) electrons. The fraction of sp³-hybridized carbons (Fsp3) is 0.333. The monoisotopic (exact) mass is 349 g/mol. The molecule has 1 N–H and O–H groups in total. The van der Waals surface area contributed by atoms with Crippen molar-refractivity contribution in [2.24, 2.45) is 0 Å². The third kappa shape index (κ3) is 3.17. The Morgan fingerprint density at radius 3 is 2.69 bits per heavy atom. The number of H-pyrrole nitrogens is 1. The maximum Gasteiger partial charge on any atom is 0.254 e. The van der Waals surface area contributed by atoms with E-state index in [4.69, 9.17) is 9.72 Å². The fourth-order valence-corrected chi connectivity index (χ4v) is 3.54. The van der Waals surface area contributed by atoms with Gasteiger partial charge in [0.05, 0.1) is 23.2 Å². The topological polar surface area (TPSA) is 58.2 Å². The molecular formula is C21H23N3O2. The van der Waals surface area contributed by atoms with Crippen molar-refractivity contribution in [1.82, 2.24) is 14.9 Å².